The molecular weight excluding hydrogens is 312 g/mol. The number of nitrogens with zero attached hydrogens (tertiary/aromatic N) is 1. The topological polar surface area (TPSA) is 66.5 Å². The van der Waals surface area contributed by atoms with Crippen LogP contribution >= 0.6 is 0 Å². The van der Waals surface area contributed by atoms with Gasteiger partial charge in [0.25, 0.3) is 0 Å². The first kappa shape index (κ1) is 19.5. The number of sulfonamides is 1. The highest BCUT2D eigenvalue weighted by Gasteiger charge is 2.33. The lowest BCUT2D eigenvalue weighted by Gasteiger charge is -2.33. The molecule has 1 atom stereocenters. The lowest BCUT2D eigenvalue weighted by atomic mass is 10.1. The summed E-state index contributed by atoms with van der Waals surface area (Å²) >= 11 is 0. The number of amides is 1. The van der Waals surface area contributed by atoms with Crippen molar-refractivity contribution >= 4 is 21.6 Å². The van der Waals surface area contributed by atoms with Crippen molar-refractivity contribution < 1.29 is 13.2 Å². The summed E-state index contributed by atoms with van der Waals surface area (Å²) in [5.41, 5.74) is 2.17. The van der Waals surface area contributed by atoms with Crippen LogP contribution in [0.1, 0.15) is 45.2 Å². The average Bonchev–Trinajstić information content (AvgIpc) is 2.35. The van der Waals surface area contributed by atoms with Crippen molar-refractivity contribution in [3.8, 4) is 0 Å². The third-order valence-corrected chi connectivity index (χ3v) is 4.75. The lowest BCUT2D eigenvalue weighted by Crippen LogP contribution is -2.53. The number of hydrogen-bond acceptors (Lipinski definition) is 3. The summed E-state index contributed by atoms with van der Waals surface area (Å²) in [6.45, 7) is 11.3. The van der Waals surface area contributed by atoms with Gasteiger partial charge in [-0.2, -0.15) is 0 Å². The van der Waals surface area contributed by atoms with Gasteiger partial charge in [0.1, 0.15) is 6.04 Å². The number of carbonyl (C=O) groups is 1. The molecule has 130 valence electrons. The number of anilines is 1. The molecule has 0 heterocycles. The predicted molar refractivity (Wildman–Crippen MR) is 95.2 cm³/mol. The second-order valence-corrected chi connectivity index (χ2v) is 8.85. The second-order valence-electron chi connectivity index (χ2n) is 6.99. The van der Waals surface area contributed by atoms with Gasteiger partial charge in [-0.15, -0.1) is 0 Å². The van der Waals surface area contributed by atoms with Crippen molar-refractivity contribution in [3.63, 3.8) is 0 Å². The van der Waals surface area contributed by atoms with Crippen molar-refractivity contribution in [2.24, 2.45) is 0 Å². The van der Waals surface area contributed by atoms with Crippen molar-refractivity contribution in [1.82, 2.24) is 5.32 Å². The largest absolute Gasteiger partial charge is 0.350 e. The minimum atomic E-state index is -3.59. The van der Waals surface area contributed by atoms with E-state index >= 15 is 0 Å². The van der Waals surface area contributed by atoms with Crippen molar-refractivity contribution in [1.29, 1.82) is 0 Å². The highest BCUT2D eigenvalue weighted by Crippen LogP contribution is 2.25. The first-order chi connectivity index (χ1) is 10.4. The van der Waals surface area contributed by atoms with Gasteiger partial charge in [0, 0.05) is 5.54 Å². The van der Waals surface area contributed by atoms with Crippen LogP contribution in [0.3, 0.4) is 0 Å². The lowest BCUT2D eigenvalue weighted by molar-refractivity contribution is -0.123. The molecular formula is C17H28N2O3S. The SMILES string of the molecule is CC[C@@H](C(=O)NC(C)(C)C)N(c1ccc(C)c(C)c1)S(C)(=O)=O. The van der Waals surface area contributed by atoms with Crippen LogP contribution in [0.25, 0.3) is 0 Å². The zero-order valence-electron chi connectivity index (χ0n) is 15.1. The van der Waals surface area contributed by atoms with E-state index in [9.17, 15) is 13.2 Å². The van der Waals surface area contributed by atoms with Gasteiger partial charge in [-0.1, -0.05) is 13.0 Å². The average molecular weight is 340 g/mol. The first-order valence-electron chi connectivity index (χ1n) is 7.75. The third-order valence-electron chi connectivity index (χ3n) is 3.57. The Bertz CT molecular complexity index is 676. The molecule has 0 saturated carbocycles. The predicted octanol–water partition coefficient (Wildman–Crippen LogP) is 2.76. The zero-order valence-corrected chi connectivity index (χ0v) is 15.9. The number of carbonyl (C=O) groups excluding carboxylic acids is 1. The van der Waals surface area contributed by atoms with Crippen LogP contribution in [0, 0.1) is 13.8 Å². The molecule has 5 nitrogen and oxygen atoms in total. The minimum Gasteiger partial charge on any atom is -0.350 e. The summed E-state index contributed by atoms with van der Waals surface area (Å²) in [6, 6.07) is 4.66. The molecule has 0 saturated heterocycles. The summed E-state index contributed by atoms with van der Waals surface area (Å²) in [6.07, 6.45) is 1.52. The molecule has 0 spiro atoms. The fourth-order valence-electron chi connectivity index (χ4n) is 2.38. The number of aryl methyl sites for hydroxylation is 2. The normalized spacial score (nSPS) is 13.5. The van der Waals surface area contributed by atoms with Gasteiger partial charge in [0.2, 0.25) is 15.9 Å². The highest BCUT2D eigenvalue weighted by molar-refractivity contribution is 7.92. The molecule has 1 N–H and O–H groups in total. The maximum absolute atomic E-state index is 12.6. The van der Waals surface area contributed by atoms with Crippen LogP contribution in [0.2, 0.25) is 0 Å². The third kappa shape index (κ3) is 5.23. The quantitative estimate of drug-likeness (QED) is 0.896. The molecule has 0 fully saturated rings. The molecule has 0 aliphatic carbocycles. The number of rotatable bonds is 5. The summed E-state index contributed by atoms with van der Waals surface area (Å²) in [5, 5.41) is 2.87. The smallest absolute Gasteiger partial charge is 0.244 e. The monoisotopic (exact) mass is 340 g/mol. The number of hydrogen-bond donors (Lipinski definition) is 1. The van der Waals surface area contributed by atoms with E-state index in [1.54, 1.807) is 6.07 Å². The molecule has 0 radical (unpaired) electrons. The molecule has 0 unspecified atom stereocenters. The van der Waals surface area contributed by atoms with Gasteiger partial charge in [-0.25, -0.2) is 8.42 Å². The molecule has 6 heteroatoms. The molecule has 1 aromatic carbocycles. The Morgan fingerprint density at radius 3 is 2.17 bits per heavy atom. The maximum atomic E-state index is 12.6. The van der Waals surface area contributed by atoms with E-state index in [0.29, 0.717) is 12.1 Å². The highest BCUT2D eigenvalue weighted by atomic mass is 32.2. The van der Waals surface area contributed by atoms with Crippen LogP contribution < -0.4 is 9.62 Å². The molecule has 1 rings (SSSR count). The summed E-state index contributed by atoms with van der Waals surface area (Å²) in [7, 11) is -3.59. The van der Waals surface area contributed by atoms with E-state index < -0.39 is 21.6 Å². The van der Waals surface area contributed by atoms with E-state index in [2.05, 4.69) is 5.32 Å². The Morgan fingerprint density at radius 2 is 1.78 bits per heavy atom. The van der Waals surface area contributed by atoms with Gasteiger partial charge in [-0.3, -0.25) is 9.10 Å². The van der Waals surface area contributed by atoms with E-state index in [4.69, 9.17) is 0 Å². The van der Waals surface area contributed by atoms with Gasteiger partial charge in [0.05, 0.1) is 11.9 Å². The Balaban J connectivity index is 3.34. The second kappa shape index (κ2) is 6.91. The van der Waals surface area contributed by atoms with Crippen molar-refractivity contribution in [2.45, 2.75) is 59.5 Å². The number of benzene rings is 1. The van der Waals surface area contributed by atoms with Gasteiger partial charge >= 0.3 is 0 Å². The molecule has 1 amide bonds. The van der Waals surface area contributed by atoms with E-state index in [1.165, 1.54) is 4.31 Å². The molecule has 0 aromatic heterocycles. The van der Waals surface area contributed by atoms with E-state index in [1.807, 2.05) is 53.7 Å². The van der Waals surface area contributed by atoms with Crippen LogP contribution in [0.15, 0.2) is 18.2 Å². The Hall–Kier alpha value is -1.56. The van der Waals surface area contributed by atoms with Crippen LogP contribution in [-0.2, 0) is 14.8 Å². The van der Waals surface area contributed by atoms with E-state index in [-0.39, 0.29) is 5.91 Å². The molecule has 0 aliphatic rings. The Morgan fingerprint density at radius 1 is 1.22 bits per heavy atom. The summed E-state index contributed by atoms with van der Waals surface area (Å²) < 4.78 is 25.9. The molecule has 0 aliphatic heterocycles. The Kier molecular flexibility index (Phi) is 5.85. The van der Waals surface area contributed by atoms with Crippen LogP contribution in [0.5, 0.6) is 0 Å². The van der Waals surface area contributed by atoms with Crippen LogP contribution in [-0.4, -0.2) is 32.2 Å². The maximum Gasteiger partial charge on any atom is 0.244 e. The van der Waals surface area contributed by atoms with Gasteiger partial charge in [-0.05, 0) is 64.3 Å². The standard InChI is InChI=1S/C17H28N2O3S/c1-8-15(16(20)18-17(4,5)6)19(23(7,21)22)14-10-9-12(2)13(3)11-14/h9-11,15H,8H2,1-7H3,(H,18,20)/t15-/m0/s1. The van der Waals surface area contributed by atoms with Crippen LogP contribution in [0.4, 0.5) is 5.69 Å². The molecule has 1 aromatic rings. The zero-order chi connectivity index (χ0) is 18.0. The first-order valence-corrected chi connectivity index (χ1v) is 9.60. The van der Waals surface area contributed by atoms with E-state index in [0.717, 1.165) is 17.4 Å². The minimum absolute atomic E-state index is 0.288. The summed E-state index contributed by atoms with van der Waals surface area (Å²) in [4.78, 5) is 12.6. The van der Waals surface area contributed by atoms with Gasteiger partial charge < -0.3 is 5.32 Å². The molecule has 0 bridgehead atoms. The van der Waals surface area contributed by atoms with Gasteiger partial charge in [0.15, 0.2) is 0 Å². The summed E-state index contributed by atoms with van der Waals surface area (Å²) in [5.74, 6) is -0.288. The fourth-order valence-corrected chi connectivity index (χ4v) is 3.58. The Labute approximate surface area is 140 Å². The fraction of sp³-hybridized carbons (Fsp3) is 0.588. The van der Waals surface area contributed by atoms with Crippen molar-refractivity contribution in [2.75, 3.05) is 10.6 Å². The van der Waals surface area contributed by atoms with Crippen molar-refractivity contribution in [3.05, 3.63) is 29.3 Å². The number of nitrogens with one attached hydrogen (secondary N) is 1. The molecule has 23 heavy (non-hydrogen) atoms.